The summed E-state index contributed by atoms with van der Waals surface area (Å²) in [5.41, 5.74) is 0.248. The molecule has 0 bridgehead atoms. The molecule has 4 aromatic rings. The molecule has 5 rings (SSSR count). The molecule has 4 atom stereocenters. The third kappa shape index (κ3) is 9.14. The molecule has 2 N–H and O–H groups in total. The van der Waals surface area contributed by atoms with Gasteiger partial charge in [0.05, 0.1) is 40.0 Å². The van der Waals surface area contributed by atoms with Crippen LogP contribution in [0.4, 0.5) is 0 Å². The largest absolute Gasteiger partial charge is 0.566 e. The second kappa shape index (κ2) is 18.2. The lowest BCUT2D eigenvalue weighted by Crippen LogP contribution is -3.11. The number of quaternary nitrogens is 1. The third-order valence-corrected chi connectivity index (χ3v) is 9.34. The van der Waals surface area contributed by atoms with E-state index in [1.165, 1.54) is 30.4 Å². The molecule has 0 aliphatic carbocycles. The lowest BCUT2D eigenvalue weighted by atomic mass is 9.79. The molecule has 268 valence electrons. The highest BCUT2D eigenvalue weighted by molar-refractivity contribution is 7.30. The standard InChI is InChI=1S/C31H31N2O9P.C6H15N/c1-20-18-33(30(35)32-29(20)34)28-17-26(27(41-28)19-40-43(36)37)42-31(21-7-5-4-6-8-21,22-9-13-24(38-2)14-10-22)23-11-15-25(39-3)16-12-23;1-4-7(5-2)6-3/h4-16,18,26-28H,17,19H2,1-3H3,(H,32,34,35);4-6H2,1-3H3/p+1/t26-,27+,28+;/m0./s1. The fourth-order valence-corrected chi connectivity index (χ4v) is 6.35. The number of nitrogens with zero attached hydrogens (tertiary/aromatic N) is 1. The molecule has 12 nitrogen and oxygen atoms in total. The van der Waals surface area contributed by atoms with Gasteiger partial charge < -0.3 is 28.7 Å². The van der Waals surface area contributed by atoms with Gasteiger partial charge in [0.1, 0.15) is 36.0 Å². The second-order valence-corrected chi connectivity index (χ2v) is 12.5. The van der Waals surface area contributed by atoms with E-state index in [0.29, 0.717) is 17.1 Å². The predicted molar refractivity (Wildman–Crippen MR) is 188 cm³/mol. The Bertz CT molecular complexity index is 1720. The summed E-state index contributed by atoms with van der Waals surface area (Å²) >= 11 is 0. The molecule has 2 heterocycles. The van der Waals surface area contributed by atoms with Crippen molar-refractivity contribution in [1.29, 1.82) is 0 Å². The molecule has 50 heavy (non-hydrogen) atoms. The number of ether oxygens (including phenoxy) is 4. The number of nitrogens with one attached hydrogen (secondary N) is 2. The first-order valence-electron chi connectivity index (χ1n) is 16.7. The van der Waals surface area contributed by atoms with Crippen LogP contribution in [0.15, 0.2) is 94.6 Å². The van der Waals surface area contributed by atoms with Gasteiger partial charge in [-0.25, -0.2) is 4.79 Å². The Hall–Kier alpha value is -4.16. The van der Waals surface area contributed by atoms with Crippen molar-refractivity contribution >= 4 is 8.25 Å². The Morgan fingerprint density at radius 3 is 1.86 bits per heavy atom. The monoisotopic (exact) mass is 708 g/mol. The molecule has 13 heteroatoms. The van der Waals surface area contributed by atoms with Crippen LogP contribution < -0.4 is 30.5 Å². The Balaban J connectivity index is 0.000000727. The molecule has 3 aromatic carbocycles. The maximum atomic E-state index is 12.8. The van der Waals surface area contributed by atoms with Crippen molar-refractivity contribution in [3.8, 4) is 11.5 Å². The summed E-state index contributed by atoms with van der Waals surface area (Å²) in [7, 11) is -0.00587. The molecular weight excluding hydrogens is 661 g/mol. The minimum absolute atomic E-state index is 0.149. The zero-order chi connectivity index (χ0) is 36.3. The van der Waals surface area contributed by atoms with Crippen LogP contribution in [-0.4, -0.2) is 62.2 Å². The van der Waals surface area contributed by atoms with Gasteiger partial charge in [0.2, 0.25) is 0 Å². The van der Waals surface area contributed by atoms with E-state index < -0.39 is 43.5 Å². The van der Waals surface area contributed by atoms with Crippen LogP contribution in [0, 0.1) is 6.92 Å². The van der Waals surface area contributed by atoms with E-state index in [0.717, 1.165) is 16.7 Å². The van der Waals surface area contributed by atoms with Crippen molar-refractivity contribution in [3.63, 3.8) is 0 Å². The van der Waals surface area contributed by atoms with Crippen molar-refractivity contribution in [3.05, 3.63) is 128 Å². The van der Waals surface area contributed by atoms with Gasteiger partial charge in [-0.05, 0) is 73.2 Å². The third-order valence-electron chi connectivity index (χ3n) is 8.98. The number of aromatic nitrogens is 2. The van der Waals surface area contributed by atoms with Gasteiger partial charge in [0.15, 0.2) is 0 Å². The van der Waals surface area contributed by atoms with Crippen LogP contribution in [0.2, 0.25) is 0 Å². The van der Waals surface area contributed by atoms with Crippen molar-refractivity contribution in [2.24, 2.45) is 0 Å². The second-order valence-electron chi connectivity index (χ2n) is 11.8. The predicted octanol–water partition coefficient (Wildman–Crippen LogP) is 3.49. The Kier molecular flexibility index (Phi) is 14.1. The zero-order valence-electron chi connectivity index (χ0n) is 29.4. The molecule has 1 unspecified atom stereocenters. The van der Waals surface area contributed by atoms with Crippen LogP contribution in [0.3, 0.4) is 0 Å². The van der Waals surface area contributed by atoms with E-state index in [-0.39, 0.29) is 13.0 Å². The number of H-pyrrole nitrogens is 1. The fraction of sp³-hybridized carbons (Fsp3) is 0.405. The molecule has 1 aliphatic rings. The summed E-state index contributed by atoms with van der Waals surface area (Å²) in [4.78, 5) is 40.2. The zero-order valence-corrected chi connectivity index (χ0v) is 30.3. The lowest BCUT2D eigenvalue weighted by molar-refractivity contribution is -0.894. The number of hydrogen-bond acceptors (Lipinski definition) is 9. The Labute approximate surface area is 293 Å². The van der Waals surface area contributed by atoms with E-state index in [1.54, 1.807) is 26.0 Å². The van der Waals surface area contributed by atoms with Crippen LogP contribution >= 0.6 is 8.25 Å². The van der Waals surface area contributed by atoms with Crippen LogP contribution in [0.1, 0.15) is 55.7 Å². The van der Waals surface area contributed by atoms with Crippen LogP contribution in [0.25, 0.3) is 0 Å². The highest BCUT2D eigenvalue weighted by atomic mass is 31.1. The smallest absolute Gasteiger partial charge is 0.488 e. The normalized spacial score (nSPS) is 17.6. The summed E-state index contributed by atoms with van der Waals surface area (Å²) in [6.45, 7) is 11.7. The molecule has 1 aromatic heterocycles. The first-order chi connectivity index (χ1) is 24.1. The van der Waals surface area contributed by atoms with Crippen molar-refractivity contribution in [2.75, 3.05) is 40.5 Å². The number of aryl methyl sites for hydroxylation is 1. The summed E-state index contributed by atoms with van der Waals surface area (Å²) < 4.78 is 41.8. The molecule has 0 saturated carbocycles. The minimum Gasteiger partial charge on any atom is -0.566 e. The number of aromatic amines is 1. The van der Waals surface area contributed by atoms with Gasteiger partial charge in [0.25, 0.3) is 5.56 Å². The molecule has 0 amide bonds. The van der Waals surface area contributed by atoms with Gasteiger partial charge in [-0.3, -0.25) is 14.3 Å². The van der Waals surface area contributed by atoms with E-state index in [1.807, 2.05) is 78.9 Å². The van der Waals surface area contributed by atoms with Gasteiger partial charge in [-0.1, -0.05) is 54.6 Å². The molecule has 0 spiro atoms. The maximum Gasteiger partial charge on any atom is 0.488 e. The van der Waals surface area contributed by atoms with E-state index in [2.05, 4.69) is 25.8 Å². The molecule has 1 saturated heterocycles. The topological polar surface area (TPSA) is 146 Å². The summed E-state index contributed by atoms with van der Waals surface area (Å²) in [5, 5.41) is 0. The maximum absolute atomic E-state index is 12.8. The first-order valence-corrected chi connectivity index (χ1v) is 17.8. The highest BCUT2D eigenvalue weighted by Gasteiger charge is 2.47. The average Bonchev–Trinajstić information content (AvgIpc) is 3.54. The molecule has 1 aliphatic heterocycles. The van der Waals surface area contributed by atoms with Crippen LogP contribution in [-0.2, 0) is 24.2 Å². The number of methoxy groups -OCH3 is 2. The average molecular weight is 709 g/mol. The minimum atomic E-state index is -3.18. The van der Waals surface area contributed by atoms with E-state index >= 15 is 0 Å². The Morgan fingerprint density at radius 1 is 0.880 bits per heavy atom. The SMILES string of the molecule is CC[NH+](CC)CC.COc1ccc(C(O[C@H]2C[C@H](n3cc(C)c(=O)[nH]c3=O)O[C@@H]2CO[P+](=O)[O-])(c2ccccc2)c2ccc(OC)cc2)cc1. The fourth-order valence-electron chi connectivity index (χ4n) is 6.09. The summed E-state index contributed by atoms with van der Waals surface area (Å²) in [6, 6.07) is 24.5. The van der Waals surface area contributed by atoms with Gasteiger partial charge in [0, 0.05) is 18.2 Å². The molecule has 1 fully saturated rings. The number of benzene rings is 3. The van der Waals surface area contributed by atoms with Gasteiger partial charge in [-0.2, -0.15) is 0 Å². The van der Waals surface area contributed by atoms with Crippen LogP contribution in [0.5, 0.6) is 11.5 Å². The first kappa shape index (κ1) is 38.6. The number of rotatable bonds is 14. The quantitative estimate of drug-likeness (QED) is 0.149. The van der Waals surface area contributed by atoms with Crippen molar-refractivity contribution in [2.45, 2.75) is 58.2 Å². The van der Waals surface area contributed by atoms with Gasteiger partial charge >= 0.3 is 13.9 Å². The molecule has 0 radical (unpaired) electrons. The van der Waals surface area contributed by atoms with E-state index in [9.17, 15) is 19.0 Å². The highest BCUT2D eigenvalue weighted by Crippen LogP contribution is 2.45. The summed E-state index contributed by atoms with van der Waals surface area (Å²) in [5.74, 6) is 1.31. The van der Waals surface area contributed by atoms with Crippen molar-refractivity contribution in [1.82, 2.24) is 9.55 Å². The molecular formula is C37H47N3O9P+. The van der Waals surface area contributed by atoms with E-state index in [4.69, 9.17) is 23.5 Å². The lowest BCUT2D eigenvalue weighted by Gasteiger charge is -2.39. The van der Waals surface area contributed by atoms with Crippen molar-refractivity contribution < 1.29 is 37.8 Å². The number of hydrogen-bond donors (Lipinski definition) is 2. The Morgan fingerprint density at radius 2 is 1.40 bits per heavy atom. The summed E-state index contributed by atoms with van der Waals surface area (Å²) in [6.07, 6.45) is -0.973. The van der Waals surface area contributed by atoms with Gasteiger partial charge in [-0.15, -0.1) is 4.52 Å².